The first-order valence-corrected chi connectivity index (χ1v) is 5.66. The highest BCUT2D eigenvalue weighted by atomic mass is 16.3. The van der Waals surface area contributed by atoms with Crippen molar-refractivity contribution in [3.8, 4) is 0 Å². The zero-order valence-corrected chi connectivity index (χ0v) is 9.84. The van der Waals surface area contributed by atoms with Crippen LogP contribution in [0.5, 0.6) is 0 Å². The van der Waals surface area contributed by atoms with E-state index in [1.54, 1.807) is 0 Å². The van der Waals surface area contributed by atoms with Gasteiger partial charge in [-0.05, 0) is 19.4 Å². The Morgan fingerprint density at radius 2 is 2.20 bits per heavy atom. The Morgan fingerprint density at radius 1 is 1.53 bits per heavy atom. The van der Waals surface area contributed by atoms with Gasteiger partial charge in [0, 0.05) is 11.5 Å². The van der Waals surface area contributed by atoms with Crippen LogP contribution in [-0.4, -0.2) is 36.2 Å². The number of carbonyl (C=O) groups excluding carboxylic acids is 1. The standard InChI is InChI=1S/C11H22N2O2/c1-4-5-12-7-10(15)13-8-6-9(14)11(8,2)3/h8-9,12,14H,4-7H2,1-3H3,(H,13,15). The molecule has 0 aliphatic heterocycles. The van der Waals surface area contributed by atoms with Crippen molar-refractivity contribution < 1.29 is 9.90 Å². The molecule has 0 aromatic heterocycles. The van der Waals surface area contributed by atoms with E-state index in [-0.39, 0.29) is 23.5 Å². The summed E-state index contributed by atoms with van der Waals surface area (Å²) in [6.45, 7) is 7.26. The fourth-order valence-electron chi connectivity index (χ4n) is 1.77. The van der Waals surface area contributed by atoms with Crippen LogP contribution in [-0.2, 0) is 4.79 Å². The minimum absolute atomic E-state index is 0.0217. The lowest BCUT2D eigenvalue weighted by molar-refractivity contribution is -0.128. The Morgan fingerprint density at radius 3 is 2.67 bits per heavy atom. The molecule has 15 heavy (non-hydrogen) atoms. The zero-order chi connectivity index (χ0) is 11.5. The van der Waals surface area contributed by atoms with Crippen LogP contribution < -0.4 is 10.6 Å². The van der Waals surface area contributed by atoms with E-state index in [9.17, 15) is 9.90 Å². The molecule has 4 nitrogen and oxygen atoms in total. The average molecular weight is 214 g/mol. The van der Waals surface area contributed by atoms with Gasteiger partial charge in [0.05, 0.1) is 12.6 Å². The van der Waals surface area contributed by atoms with Crippen molar-refractivity contribution in [1.82, 2.24) is 10.6 Å². The number of aliphatic hydroxyl groups is 1. The lowest BCUT2D eigenvalue weighted by atomic mass is 9.64. The fourth-order valence-corrected chi connectivity index (χ4v) is 1.77. The number of carbonyl (C=O) groups is 1. The topological polar surface area (TPSA) is 61.4 Å². The molecule has 2 atom stereocenters. The maximum Gasteiger partial charge on any atom is 0.234 e. The Labute approximate surface area is 91.4 Å². The summed E-state index contributed by atoms with van der Waals surface area (Å²) in [5.41, 5.74) is -0.180. The molecule has 1 aliphatic carbocycles. The van der Waals surface area contributed by atoms with Crippen LogP contribution in [0, 0.1) is 5.41 Å². The van der Waals surface area contributed by atoms with Crippen molar-refractivity contribution in [1.29, 1.82) is 0 Å². The van der Waals surface area contributed by atoms with Crippen molar-refractivity contribution >= 4 is 5.91 Å². The zero-order valence-electron chi connectivity index (χ0n) is 9.84. The largest absolute Gasteiger partial charge is 0.392 e. The fraction of sp³-hybridized carbons (Fsp3) is 0.909. The highest BCUT2D eigenvalue weighted by Crippen LogP contribution is 2.40. The molecule has 1 saturated carbocycles. The second kappa shape index (κ2) is 4.94. The van der Waals surface area contributed by atoms with Gasteiger partial charge in [-0.15, -0.1) is 0 Å². The van der Waals surface area contributed by atoms with E-state index in [2.05, 4.69) is 17.6 Å². The summed E-state index contributed by atoms with van der Waals surface area (Å²) in [5.74, 6) is 0.0217. The van der Waals surface area contributed by atoms with Crippen molar-refractivity contribution in [2.75, 3.05) is 13.1 Å². The summed E-state index contributed by atoms with van der Waals surface area (Å²) >= 11 is 0. The monoisotopic (exact) mass is 214 g/mol. The van der Waals surface area contributed by atoms with E-state index in [1.165, 1.54) is 0 Å². The minimum atomic E-state index is -0.286. The Kier molecular flexibility index (Phi) is 4.11. The summed E-state index contributed by atoms with van der Waals surface area (Å²) in [6.07, 6.45) is 1.42. The second-order valence-corrected chi connectivity index (χ2v) is 4.87. The first kappa shape index (κ1) is 12.5. The first-order chi connectivity index (χ1) is 6.98. The van der Waals surface area contributed by atoms with Crippen LogP contribution in [0.3, 0.4) is 0 Å². The smallest absolute Gasteiger partial charge is 0.234 e. The summed E-state index contributed by atoms with van der Waals surface area (Å²) < 4.78 is 0. The Balaban J connectivity index is 2.22. The van der Waals surface area contributed by atoms with Crippen LogP contribution in [0.2, 0.25) is 0 Å². The molecule has 0 aromatic rings. The quantitative estimate of drug-likeness (QED) is 0.575. The summed E-state index contributed by atoms with van der Waals surface area (Å²) in [5, 5.41) is 15.5. The Bertz CT molecular complexity index is 229. The van der Waals surface area contributed by atoms with Crippen LogP contribution in [0.15, 0.2) is 0 Å². The van der Waals surface area contributed by atoms with Gasteiger partial charge in [0.15, 0.2) is 0 Å². The minimum Gasteiger partial charge on any atom is -0.392 e. The van der Waals surface area contributed by atoms with E-state index >= 15 is 0 Å². The molecule has 3 N–H and O–H groups in total. The highest BCUT2D eigenvalue weighted by molar-refractivity contribution is 5.78. The summed E-state index contributed by atoms with van der Waals surface area (Å²) in [6, 6.07) is 0.114. The van der Waals surface area contributed by atoms with Crippen molar-refractivity contribution in [2.24, 2.45) is 5.41 Å². The van der Waals surface area contributed by atoms with Gasteiger partial charge in [0.25, 0.3) is 0 Å². The lowest BCUT2D eigenvalue weighted by Gasteiger charge is -2.49. The number of nitrogens with one attached hydrogen (secondary N) is 2. The molecule has 1 rings (SSSR count). The molecule has 2 unspecified atom stereocenters. The molecule has 4 heteroatoms. The van der Waals surface area contributed by atoms with Crippen LogP contribution in [0.4, 0.5) is 0 Å². The SMILES string of the molecule is CCCNCC(=O)NC1CC(O)C1(C)C. The van der Waals surface area contributed by atoms with Gasteiger partial charge >= 0.3 is 0 Å². The Hall–Kier alpha value is -0.610. The summed E-state index contributed by atoms with van der Waals surface area (Å²) in [4.78, 5) is 11.5. The van der Waals surface area contributed by atoms with Crippen molar-refractivity contribution in [3.05, 3.63) is 0 Å². The van der Waals surface area contributed by atoms with Gasteiger partial charge in [-0.25, -0.2) is 0 Å². The predicted octanol–water partition coefficient (Wildman–Crippen LogP) is 0.262. The van der Waals surface area contributed by atoms with Gasteiger partial charge in [-0.3, -0.25) is 4.79 Å². The number of hydrogen-bond donors (Lipinski definition) is 3. The number of aliphatic hydroxyl groups excluding tert-OH is 1. The molecular weight excluding hydrogens is 192 g/mol. The molecule has 0 saturated heterocycles. The van der Waals surface area contributed by atoms with Gasteiger partial charge in [0.2, 0.25) is 5.91 Å². The van der Waals surface area contributed by atoms with Crippen LogP contribution >= 0.6 is 0 Å². The maximum atomic E-state index is 11.5. The average Bonchev–Trinajstić information content (AvgIpc) is 2.18. The van der Waals surface area contributed by atoms with E-state index < -0.39 is 0 Å². The normalized spacial score (nSPS) is 28.3. The predicted molar refractivity (Wildman–Crippen MR) is 59.5 cm³/mol. The molecule has 0 spiro atoms. The molecule has 0 radical (unpaired) electrons. The van der Waals surface area contributed by atoms with Gasteiger partial charge < -0.3 is 15.7 Å². The van der Waals surface area contributed by atoms with E-state index in [1.807, 2.05) is 13.8 Å². The molecule has 1 fully saturated rings. The second-order valence-electron chi connectivity index (χ2n) is 4.87. The summed E-state index contributed by atoms with van der Waals surface area (Å²) in [7, 11) is 0. The third kappa shape index (κ3) is 2.92. The lowest BCUT2D eigenvalue weighted by Crippen LogP contribution is -2.62. The van der Waals surface area contributed by atoms with Crippen molar-refractivity contribution in [2.45, 2.75) is 45.8 Å². The van der Waals surface area contributed by atoms with E-state index in [0.717, 1.165) is 13.0 Å². The van der Waals surface area contributed by atoms with Gasteiger partial charge in [-0.2, -0.15) is 0 Å². The van der Waals surface area contributed by atoms with E-state index in [0.29, 0.717) is 13.0 Å². The molecule has 1 amide bonds. The first-order valence-electron chi connectivity index (χ1n) is 5.66. The number of amides is 1. The molecule has 0 heterocycles. The molecule has 88 valence electrons. The molecule has 1 aliphatic rings. The van der Waals surface area contributed by atoms with Gasteiger partial charge in [0.1, 0.15) is 0 Å². The molecule has 0 bridgehead atoms. The maximum absolute atomic E-state index is 11.5. The third-order valence-corrected chi connectivity index (χ3v) is 3.26. The van der Waals surface area contributed by atoms with Crippen LogP contribution in [0.1, 0.15) is 33.6 Å². The van der Waals surface area contributed by atoms with E-state index in [4.69, 9.17) is 0 Å². The van der Waals surface area contributed by atoms with Crippen LogP contribution in [0.25, 0.3) is 0 Å². The number of rotatable bonds is 5. The van der Waals surface area contributed by atoms with Gasteiger partial charge in [-0.1, -0.05) is 20.8 Å². The third-order valence-electron chi connectivity index (χ3n) is 3.26. The molecular formula is C11H22N2O2. The highest BCUT2D eigenvalue weighted by Gasteiger charge is 2.47. The number of hydrogen-bond acceptors (Lipinski definition) is 3. The molecule has 0 aromatic carbocycles. The van der Waals surface area contributed by atoms with Crippen molar-refractivity contribution in [3.63, 3.8) is 0 Å².